The molecule has 0 aliphatic heterocycles. The summed E-state index contributed by atoms with van der Waals surface area (Å²) in [6.45, 7) is 2.92. The molecule has 154 valence electrons. The Hall–Kier alpha value is -2.24. The average molecular weight is 407 g/mol. The summed E-state index contributed by atoms with van der Waals surface area (Å²) in [4.78, 5) is 12.5. The van der Waals surface area contributed by atoms with Gasteiger partial charge in [-0.3, -0.25) is 4.79 Å². The Balaban J connectivity index is 0.00000392. The summed E-state index contributed by atoms with van der Waals surface area (Å²) in [5, 5.41) is 6.27. The molecule has 28 heavy (non-hydrogen) atoms. The van der Waals surface area contributed by atoms with Crippen LogP contribution in [0, 0.1) is 6.92 Å². The first-order chi connectivity index (χ1) is 13.1. The maximum absolute atomic E-state index is 12.5. The van der Waals surface area contributed by atoms with Gasteiger partial charge in [0, 0.05) is 6.42 Å². The molecule has 6 heteroatoms. The van der Waals surface area contributed by atoms with Crippen molar-refractivity contribution >= 4 is 18.3 Å². The van der Waals surface area contributed by atoms with Gasteiger partial charge in [0.2, 0.25) is 5.91 Å². The summed E-state index contributed by atoms with van der Waals surface area (Å²) in [7, 11) is 5.13. The molecule has 5 nitrogen and oxygen atoms in total. The molecule has 0 bridgehead atoms. The van der Waals surface area contributed by atoms with Gasteiger partial charge in [-0.25, -0.2) is 0 Å². The minimum absolute atomic E-state index is 0. The number of rotatable bonds is 10. The number of ether oxygens (including phenoxy) is 2. The number of nitrogens with one attached hydrogen (secondary N) is 2. The van der Waals surface area contributed by atoms with Crippen LogP contribution in [0.25, 0.3) is 0 Å². The number of amides is 1. The van der Waals surface area contributed by atoms with Gasteiger partial charge in [-0.1, -0.05) is 30.3 Å². The molecule has 2 aromatic carbocycles. The van der Waals surface area contributed by atoms with Crippen LogP contribution in [0.5, 0.6) is 11.5 Å². The molecule has 0 saturated carbocycles. The number of hydrogen-bond donors (Lipinski definition) is 2. The number of carbonyl (C=O) groups is 1. The van der Waals surface area contributed by atoms with Crippen LogP contribution in [-0.4, -0.2) is 33.7 Å². The van der Waals surface area contributed by atoms with Crippen LogP contribution < -0.4 is 20.1 Å². The maximum atomic E-state index is 12.5. The monoisotopic (exact) mass is 406 g/mol. The SMILES string of the molecule is CNCCCC(=O)NC(Cc1ccccc1C)c1ccc(OC)c(OC)c1.Cl. The van der Waals surface area contributed by atoms with E-state index in [4.69, 9.17) is 9.47 Å². The fourth-order valence-corrected chi connectivity index (χ4v) is 3.07. The summed E-state index contributed by atoms with van der Waals surface area (Å²) in [6, 6.07) is 13.9. The highest BCUT2D eigenvalue weighted by molar-refractivity contribution is 5.85. The number of methoxy groups -OCH3 is 2. The molecule has 2 aromatic rings. The minimum Gasteiger partial charge on any atom is -0.493 e. The molecule has 1 unspecified atom stereocenters. The topological polar surface area (TPSA) is 59.6 Å². The van der Waals surface area contributed by atoms with Crippen molar-refractivity contribution in [1.82, 2.24) is 10.6 Å². The van der Waals surface area contributed by atoms with Crippen LogP contribution in [0.2, 0.25) is 0 Å². The number of halogens is 1. The van der Waals surface area contributed by atoms with Gasteiger partial charge in [-0.2, -0.15) is 0 Å². The van der Waals surface area contributed by atoms with E-state index in [0.717, 1.165) is 24.9 Å². The Morgan fingerprint density at radius 2 is 1.79 bits per heavy atom. The lowest BCUT2D eigenvalue weighted by Gasteiger charge is -2.22. The third-order valence-electron chi connectivity index (χ3n) is 4.66. The second-order valence-electron chi connectivity index (χ2n) is 6.57. The van der Waals surface area contributed by atoms with E-state index in [0.29, 0.717) is 17.9 Å². The second kappa shape index (κ2) is 12.3. The second-order valence-corrected chi connectivity index (χ2v) is 6.57. The van der Waals surface area contributed by atoms with Gasteiger partial charge >= 0.3 is 0 Å². The normalized spacial score (nSPS) is 11.3. The summed E-state index contributed by atoms with van der Waals surface area (Å²) >= 11 is 0. The fourth-order valence-electron chi connectivity index (χ4n) is 3.07. The van der Waals surface area contributed by atoms with E-state index < -0.39 is 0 Å². The summed E-state index contributed by atoms with van der Waals surface area (Å²) < 4.78 is 10.8. The van der Waals surface area contributed by atoms with Gasteiger partial charge in [-0.05, 0) is 62.2 Å². The summed E-state index contributed by atoms with van der Waals surface area (Å²) in [5.41, 5.74) is 3.43. The zero-order chi connectivity index (χ0) is 19.6. The van der Waals surface area contributed by atoms with Gasteiger partial charge in [0.05, 0.1) is 20.3 Å². The summed E-state index contributed by atoms with van der Waals surface area (Å²) in [5.74, 6) is 1.39. The van der Waals surface area contributed by atoms with E-state index in [1.165, 1.54) is 11.1 Å². The predicted octanol–water partition coefficient (Wildman–Crippen LogP) is 3.83. The Bertz CT molecular complexity index is 752. The van der Waals surface area contributed by atoms with Crippen LogP contribution in [0.3, 0.4) is 0 Å². The fraction of sp³-hybridized carbons (Fsp3) is 0.409. The van der Waals surface area contributed by atoms with E-state index in [1.54, 1.807) is 14.2 Å². The van der Waals surface area contributed by atoms with Gasteiger partial charge < -0.3 is 20.1 Å². The van der Waals surface area contributed by atoms with Crippen molar-refractivity contribution in [3.63, 3.8) is 0 Å². The molecule has 0 spiro atoms. The molecule has 0 aliphatic carbocycles. The lowest BCUT2D eigenvalue weighted by Crippen LogP contribution is -2.30. The maximum Gasteiger partial charge on any atom is 0.220 e. The number of benzene rings is 2. The van der Waals surface area contributed by atoms with Crippen LogP contribution in [0.15, 0.2) is 42.5 Å². The molecule has 2 rings (SSSR count). The third-order valence-corrected chi connectivity index (χ3v) is 4.66. The lowest BCUT2D eigenvalue weighted by atomic mass is 9.95. The first kappa shape index (κ1) is 23.8. The van der Waals surface area contributed by atoms with Crippen LogP contribution in [0.4, 0.5) is 0 Å². The summed E-state index contributed by atoms with van der Waals surface area (Å²) in [6.07, 6.45) is 2.03. The zero-order valence-electron chi connectivity index (χ0n) is 17.1. The van der Waals surface area contributed by atoms with Crippen molar-refractivity contribution in [2.24, 2.45) is 0 Å². The van der Waals surface area contributed by atoms with Crippen molar-refractivity contribution in [2.75, 3.05) is 27.8 Å². The van der Waals surface area contributed by atoms with E-state index >= 15 is 0 Å². The first-order valence-corrected chi connectivity index (χ1v) is 9.29. The largest absolute Gasteiger partial charge is 0.493 e. The van der Waals surface area contributed by atoms with E-state index in [-0.39, 0.29) is 24.4 Å². The standard InChI is InChI=1S/C22H30N2O3.ClH/c1-16-8-5-6-9-17(16)14-19(24-22(25)10-7-13-23-2)18-11-12-20(26-3)21(15-18)27-4;/h5-6,8-9,11-12,15,19,23H,7,10,13-14H2,1-4H3,(H,24,25);1H. The van der Waals surface area contributed by atoms with Gasteiger partial charge in [0.1, 0.15) is 0 Å². The quantitative estimate of drug-likeness (QED) is 0.588. The molecule has 1 atom stereocenters. The Kier molecular flexibility index (Phi) is 10.4. The smallest absolute Gasteiger partial charge is 0.220 e. The van der Waals surface area contributed by atoms with Crippen molar-refractivity contribution in [3.05, 3.63) is 59.2 Å². The molecule has 0 aromatic heterocycles. The molecule has 0 fully saturated rings. The van der Waals surface area contributed by atoms with Crippen LogP contribution in [0.1, 0.15) is 35.6 Å². The van der Waals surface area contributed by atoms with Crippen LogP contribution >= 0.6 is 12.4 Å². The molecule has 0 saturated heterocycles. The highest BCUT2D eigenvalue weighted by Crippen LogP contribution is 2.31. The number of hydrogen-bond acceptors (Lipinski definition) is 4. The molecular weight excluding hydrogens is 376 g/mol. The number of aryl methyl sites for hydroxylation is 1. The van der Waals surface area contributed by atoms with Crippen molar-refractivity contribution in [2.45, 2.75) is 32.2 Å². The lowest BCUT2D eigenvalue weighted by molar-refractivity contribution is -0.121. The average Bonchev–Trinajstić information content (AvgIpc) is 2.68. The van der Waals surface area contributed by atoms with Crippen molar-refractivity contribution < 1.29 is 14.3 Å². The third kappa shape index (κ3) is 6.73. The highest BCUT2D eigenvalue weighted by atomic mass is 35.5. The molecular formula is C22H31ClN2O3. The van der Waals surface area contributed by atoms with Gasteiger partial charge in [0.15, 0.2) is 11.5 Å². The molecule has 1 amide bonds. The first-order valence-electron chi connectivity index (χ1n) is 9.29. The van der Waals surface area contributed by atoms with Crippen LogP contribution in [-0.2, 0) is 11.2 Å². The molecule has 0 heterocycles. The Morgan fingerprint density at radius 3 is 2.43 bits per heavy atom. The van der Waals surface area contributed by atoms with E-state index in [2.05, 4.69) is 29.7 Å². The molecule has 0 aliphatic rings. The highest BCUT2D eigenvalue weighted by Gasteiger charge is 2.18. The van der Waals surface area contributed by atoms with Crippen molar-refractivity contribution in [1.29, 1.82) is 0 Å². The van der Waals surface area contributed by atoms with Crippen molar-refractivity contribution in [3.8, 4) is 11.5 Å². The number of carbonyl (C=O) groups excluding carboxylic acids is 1. The van der Waals surface area contributed by atoms with E-state index in [1.807, 2.05) is 37.4 Å². The predicted molar refractivity (Wildman–Crippen MR) is 116 cm³/mol. The van der Waals surface area contributed by atoms with Gasteiger partial charge in [-0.15, -0.1) is 12.4 Å². The molecule has 2 N–H and O–H groups in total. The Morgan fingerprint density at radius 1 is 1.07 bits per heavy atom. The Labute approximate surface area is 174 Å². The van der Waals surface area contributed by atoms with E-state index in [9.17, 15) is 4.79 Å². The van der Waals surface area contributed by atoms with Gasteiger partial charge in [0.25, 0.3) is 0 Å². The minimum atomic E-state index is -0.131. The molecule has 0 radical (unpaired) electrons. The zero-order valence-corrected chi connectivity index (χ0v) is 17.9.